The molecule has 2 aromatic heterocycles. The second-order valence-corrected chi connectivity index (χ2v) is 6.98. The third-order valence-corrected chi connectivity index (χ3v) is 4.82. The number of benzene rings is 2. The molecule has 4 rings (SSSR count). The average molecular weight is 406 g/mol. The molecule has 0 aliphatic rings. The van der Waals surface area contributed by atoms with Gasteiger partial charge in [-0.25, -0.2) is 13.8 Å². The summed E-state index contributed by atoms with van der Waals surface area (Å²) in [5.74, 6) is -0.561. The first-order valence-electron chi connectivity index (χ1n) is 9.68. The molecule has 7 heteroatoms. The van der Waals surface area contributed by atoms with Crippen molar-refractivity contribution in [1.29, 1.82) is 0 Å². The van der Waals surface area contributed by atoms with Gasteiger partial charge >= 0.3 is 0 Å². The molecular weight excluding hydrogens is 386 g/mol. The van der Waals surface area contributed by atoms with Gasteiger partial charge in [0.25, 0.3) is 5.56 Å². The van der Waals surface area contributed by atoms with E-state index in [0.717, 1.165) is 6.42 Å². The summed E-state index contributed by atoms with van der Waals surface area (Å²) in [5.41, 5.74) is 1.92. The number of anilines is 1. The van der Waals surface area contributed by atoms with Crippen molar-refractivity contribution < 1.29 is 8.78 Å². The van der Waals surface area contributed by atoms with Gasteiger partial charge in [0.15, 0.2) is 5.65 Å². The van der Waals surface area contributed by atoms with Crippen molar-refractivity contribution in [1.82, 2.24) is 14.5 Å². The van der Waals surface area contributed by atoms with Crippen LogP contribution < -0.4 is 10.9 Å². The molecule has 0 atom stereocenters. The Balaban J connectivity index is 2.09. The van der Waals surface area contributed by atoms with E-state index in [-0.39, 0.29) is 17.2 Å². The Bertz CT molecular complexity index is 1300. The first-order valence-corrected chi connectivity index (χ1v) is 9.68. The van der Waals surface area contributed by atoms with Crippen molar-refractivity contribution >= 4 is 17.0 Å². The Labute approximate surface area is 172 Å². The van der Waals surface area contributed by atoms with Crippen LogP contribution in [-0.2, 0) is 0 Å². The fourth-order valence-electron chi connectivity index (χ4n) is 3.39. The minimum atomic E-state index is -0.534. The number of pyridine rings is 1. The fraction of sp³-hybridized carbons (Fsp3) is 0.174. The monoisotopic (exact) mass is 406 g/mol. The second-order valence-electron chi connectivity index (χ2n) is 6.98. The van der Waals surface area contributed by atoms with Crippen molar-refractivity contribution in [3.63, 3.8) is 0 Å². The van der Waals surface area contributed by atoms with Gasteiger partial charge in [-0.15, -0.1) is 0 Å². The maximum atomic E-state index is 14.6. The zero-order valence-corrected chi connectivity index (χ0v) is 16.6. The topological polar surface area (TPSA) is 59.8 Å². The summed E-state index contributed by atoms with van der Waals surface area (Å²) in [6.07, 6.45) is 0.848. The van der Waals surface area contributed by atoms with Crippen LogP contribution in [0.2, 0.25) is 0 Å². The predicted octanol–water partition coefficient (Wildman–Crippen LogP) is 4.86. The van der Waals surface area contributed by atoms with Crippen LogP contribution in [0.3, 0.4) is 0 Å². The molecule has 2 aromatic carbocycles. The predicted molar refractivity (Wildman–Crippen MR) is 114 cm³/mol. The van der Waals surface area contributed by atoms with E-state index >= 15 is 0 Å². The lowest BCUT2D eigenvalue weighted by atomic mass is 10.0. The molecule has 152 valence electrons. The number of nitrogens with zero attached hydrogens (tertiary/aromatic N) is 3. The molecule has 4 aromatic rings. The van der Waals surface area contributed by atoms with Gasteiger partial charge in [-0.3, -0.25) is 9.36 Å². The van der Waals surface area contributed by atoms with Crippen molar-refractivity contribution in [3.8, 4) is 16.9 Å². The molecule has 0 spiro atoms. The Morgan fingerprint density at radius 2 is 1.83 bits per heavy atom. The van der Waals surface area contributed by atoms with Crippen LogP contribution in [0, 0.1) is 18.6 Å². The van der Waals surface area contributed by atoms with Gasteiger partial charge in [0.2, 0.25) is 5.95 Å². The number of aryl methyl sites for hydroxylation is 1. The Morgan fingerprint density at radius 1 is 1.03 bits per heavy atom. The Morgan fingerprint density at radius 3 is 2.57 bits per heavy atom. The van der Waals surface area contributed by atoms with Gasteiger partial charge in [0, 0.05) is 23.6 Å². The van der Waals surface area contributed by atoms with Gasteiger partial charge in [-0.2, -0.15) is 4.98 Å². The third kappa shape index (κ3) is 3.54. The van der Waals surface area contributed by atoms with E-state index < -0.39 is 11.4 Å². The number of hydrogen-bond donors (Lipinski definition) is 1. The van der Waals surface area contributed by atoms with E-state index in [1.807, 2.05) is 6.92 Å². The average Bonchev–Trinajstić information content (AvgIpc) is 2.72. The minimum absolute atomic E-state index is 0.106. The third-order valence-electron chi connectivity index (χ3n) is 4.82. The number of rotatable bonds is 5. The number of nitrogens with one attached hydrogen (secondary N) is 1. The molecule has 0 amide bonds. The molecule has 0 saturated heterocycles. The van der Waals surface area contributed by atoms with Gasteiger partial charge < -0.3 is 5.32 Å². The smallest absolute Gasteiger partial charge is 0.256 e. The summed E-state index contributed by atoms with van der Waals surface area (Å²) in [4.78, 5) is 21.9. The molecular formula is C23H20F2N4O. The van der Waals surface area contributed by atoms with Crippen LogP contribution in [0.25, 0.3) is 28.0 Å². The number of hydrogen-bond acceptors (Lipinski definition) is 4. The molecule has 2 heterocycles. The van der Waals surface area contributed by atoms with E-state index in [4.69, 9.17) is 0 Å². The molecule has 1 N–H and O–H groups in total. The largest absolute Gasteiger partial charge is 0.354 e. The van der Waals surface area contributed by atoms with E-state index in [1.165, 1.54) is 34.9 Å². The SMILES string of the molecule is CCCNc1nc(-c2ccc(F)cc2C)c2ccc(=O)n(-c3ccccc3F)c2n1. The molecule has 0 aliphatic carbocycles. The maximum absolute atomic E-state index is 14.6. The van der Waals surface area contributed by atoms with Crippen molar-refractivity contribution in [2.75, 3.05) is 11.9 Å². The lowest BCUT2D eigenvalue weighted by Gasteiger charge is -2.15. The molecule has 30 heavy (non-hydrogen) atoms. The van der Waals surface area contributed by atoms with Crippen LogP contribution in [0.4, 0.5) is 14.7 Å². The Hall–Kier alpha value is -3.61. The van der Waals surface area contributed by atoms with Crippen molar-refractivity contribution in [2.24, 2.45) is 0 Å². The quantitative estimate of drug-likeness (QED) is 0.514. The molecule has 0 fully saturated rings. The standard InChI is InChI=1S/C23H20F2N4O/c1-3-12-26-23-27-21(16-9-8-15(24)13-14(16)2)17-10-11-20(30)29(22(17)28-23)19-7-5-4-6-18(19)25/h4-11,13H,3,12H2,1-2H3,(H,26,27,28). The van der Waals surface area contributed by atoms with Crippen molar-refractivity contribution in [3.05, 3.63) is 82.1 Å². The lowest BCUT2D eigenvalue weighted by molar-refractivity contribution is 0.617. The van der Waals surface area contributed by atoms with Crippen LogP contribution >= 0.6 is 0 Å². The molecule has 0 bridgehead atoms. The van der Waals surface area contributed by atoms with E-state index in [9.17, 15) is 13.6 Å². The van der Waals surface area contributed by atoms with Crippen LogP contribution in [0.15, 0.2) is 59.4 Å². The van der Waals surface area contributed by atoms with E-state index in [1.54, 1.807) is 31.2 Å². The number of halogens is 2. The van der Waals surface area contributed by atoms with Crippen LogP contribution in [-0.4, -0.2) is 21.1 Å². The highest BCUT2D eigenvalue weighted by molar-refractivity contribution is 5.92. The van der Waals surface area contributed by atoms with Gasteiger partial charge in [-0.1, -0.05) is 19.1 Å². The van der Waals surface area contributed by atoms with Gasteiger partial charge in [-0.05, 0) is 55.3 Å². The van der Waals surface area contributed by atoms with Crippen molar-refractivity contribution in [2.45, 2.75) is 20.3 Å². The number of para-hydroxylation sites is 1. The fourth-order valence-corrected chi connectivity index (χ4v) is 3.39. The van der Waals surface area contributed by atoms with E-state index in [0.29, 0.717) is 34.7 Å². The summed E-state index contributed by atoms with van der Waals surface area (Å²) in [6.45, 7) is 4.43. The molecule has 5 nitrogen and oxygen atoms in total. The zero-order valence-electron chi connectivity index (χ0n) is 16.6. The van der Waals surface area contributed by atoms with Crippen LogP contribution in [0.1, 0.15) is 18.9 Å². The summed E-state index contributed by atoms with van der Waals surface area (Å²) in [7, 11) is 0. The zero-order chi connectivity index (χ0) is 21.3. The summed E-state index contributed by atoms with van der Waals surface area (Å²) >= 11 is 0. The number of aromatic nitrogens is 3. The number of fused-ring (bicyclic) bond motifs is 1. The van der Waals surface area contributed by atoms with Gasteiger partial charge in [0.1, 0.15) is 11.6 Å². The summed E-state index contributed by atoms with van der Waals surface area (Å²) in [6, 6.07) is 13.5. The van der Waals surface area contributed by atoms with Gasteiger partial charge in [0.05, 0.1) is 11.4 Å². The highest BCUT2D eigenvalue weighted by Gasteiger charge is 2.17. The van der Waals surface area contributed by atoms with Crippen LogP contribution in [0.5, 0.6) is 0 Å². The summed E-state index contributed by atoms with van der Waals surface area (Å²) in [5, 5.41) is 3.70. The highest BCUT2D eigenvalue weighted by Crippen LogP contribution is 2.30. The normalized spacial score (nSPS) is 11.1. The summed E-state index contributed by atoms with van der Waals surface area (Å²) < 4.78 is 29.5. The second kappa shape index (κ2) is 8.02. The minimum Gasteiger partial charge on any atom is -0.354 e. The Kier molecular flexibility index (Phi) is 5.27. The molecule has 0 saturated carbocycles. The highest BCUT2D eigenvalue weighted by atomic mass is 19.1. The first kappa shape index (κ1) is 19.7. The first-order chi connectivity index (χ1) is 14.5. The maximum Gasteiger partial charge on any atom is 0.256 e. The molecule has 0 radical (unpaired) electrons. The molecule has 0 unspecified atom stereocenters. The molecule has 0 aliphatic heterocycles. The van der Waals surface area contributed by atoms with E-state index in [2.05, 4.69) is 15.3 Å². The lowest BCUT2D eigenvalue weighted by Crippen LogP contribution is -2.20.